The Morgan fingerprint density at radius 1 is 1.05 bits per heavy atom. The van der Waals surface area contributed by atoms with E-state index in [1.54, 1.807) is 12.1 Å². The van der Waals surface area contributed by atoms with Gasteiger partial charge in [0.1, 0.15) is 5.82 Å². The molecule has 2 aromatic rings. The molecular weight excluding hydrogens is 331 g/mol. The largest absolute Gasteiger partial charge is 0.388 e. The highest BCUT2D eigenvalue weighted by atomic mass is 79.9. The smallest absolute Gasteiger partial charge is 0.127 e. The molecule has 1 unspecified atom stereocenters. The Balaban J connectivity index is 2.07. The standard InChI is InChI=1S/C18H20BrFO/c1-12(2)9-13-3-5-14(6-4-13)18(21)10-15-7-8-16(19)11-17(15)20/h3-8,11-12,18,21H,9-10H2,1-2H3. The van der Waals surface area contributed by atoms with E-state index in [9.17, 15) is 9.50 Å². The Kier molecular flexibility index (Phi) is 5.54. The third kappa shape index (κ3) is 4.65. The predicted octanol–water partition coefficient (Wildman–Crippen LogP) is 5.06. The molecule has 1 atom stereocenters. The van der Waals surface area contributed by atoms with Crippen molar-refractivity contribution in [1.82, 2.24) is 0 Å². The number of hydrogen-bond donors (Lipinski definition) is 1. The van der Waals surface area contributed by atoms with Gasteiger partial charge in [-0.15, -0.1) is 0 Å². The summed E-state index contributed by atoms with van der Waals surface area (Å²) in [6, 6.07) is 12.9. The van der Waals surface area contributed by atoms with Crippen molar-refractivity contribution < 1.29 is 9.50 Å². The lowest BCUT2D eigenvalue weighted by atomic mass is 9.97. The van der Waals surface area contributed by atoms with E-state index >= 15 is 0 Å². The molecular formula is C18H20BrFO. The van der Waals surface area contributed by atoms with Crippen LogP contribution in [0.15, 0.2) is 46.9 Å². The molecule has 0 aliphatic carbocycles. The summed E-state index contributed by atoms with van der Waals surface area (Å²) in [4.78, 5) is 0. The van der Waals surface area contributed by atoms with Crippen LogP contribution in [0.25, 0.3) is 0 Å². The Morgan fingerprint density at radius 3 is 2.29 bits per heavy atom. The molecule has 1 nitrogen and oxygen atoms in total. The number of aliphatic hydroxyl groups excluding tert-OH is 1. The van der Waals surface area contributed by atoms with Gasteiger partial charge in [0, 0.05) is 10.9 Å². The SMILES string of the molecule is CC(C)Cc1ccc(C(O)Cc2ccc(Br)cc2F)cc1. The highest BCUT2D eigenvalue weighted by molar-refractivity contribution is 9.10. The quantitative estimate of drug-likeness (QED) is 0.798. The molecule has 0 spiro atoms. The van der Waals surface area contributed by atoms with Gasteiger partial charge in [0.2, 0.25) is 0 Å². The third-order valence-electron chi connectivity index (χ3n) is 3.44. The Morgan fingerprint density at radius 2 is 1.71 bits per heavy atom. The van der Waals surface area contributed by atoms with Crippen LogP contribution in [0.1, 0.15) is 36.6 Å². The van der Waals surface area contributed by atoms with Crippen molar-refractivity contribution in [3.63, 3.8) is 0 Å². The molecule has 0 radical (unpaired) electrons. The minimum absolute atomic E-state index is 0.280. The van der Waals surface area contributed by atoms with Gasteiger partial charge in [0.05, 0.1) is 6.10 Å². The van der Waals surface area contributed by atoms with Crippen LogP contribution in [-0.2, 0) is 12.8 Å². The second kappa shape index (κ2) is 7.19. The monoisotopic (exact) mass is 350 g/mol. The first kappa shape index (κ1) is 16.2. The number of hydrogen-bond acceptors (Lipinski definition) is 1. The van der Waals surface area contributed by atoms with Crippen LogP contribution in [0.2, 0.25) is 0 Å². The molecule has 0 fully saturated rings. The van der Waals surface area contributed by atoms with E-state index in [4.69, 9.17) is 0 Å². The molecule has 2 rings (SSSR count). The Bertz CT molecular complexity index is 593. The summed E-state index contributed by atoms with van der Waals surface area (Å²) >= 11 is 3.23. The Hall–Kier alpha value is -1.19. The van der Waals surface area contributed by atoms with Crippen LogP contribution in [0, 0.1) is 11.7 Å². The zero-order valence-electron chi connectivity index (χ0n) is 12.3. The van der Waals surface area contributed by atoms with E-state index in [0.29, 0.717) is 16.0 Å². The van der Waals surface area contributed by atoms with Gasteiger partial charge in [-0.1, -0.05) is 60.1 Å². The minimum atomic E-state index is -0.686. The van der Waals surface area contributed by atoms with Gasteiger partial charge in [-0.2, -0.15) is 0 Å². The molecule has 0 saturated heterocycles. The fourth-order valence-corrected chi connectivity index (χ4v) is 2.69. The van der Waals surface area contributed by atoms with Crippen molar-refractivity contribution in [3.05, 3.63) is 69.4 Å². The van der Waals surface area contributed by atoms with Crippen molar-refractivity contribution in [1.29, 1.82) is 0 Å². The van der Waals surface area contributed by atoms with Gasteiger partial charge in [-0.25, -0.2) is 4.39 Å². The normalized spacial score (nSPS) is 12.7. The summed E-state index contributed by atoms with van der Waals surface area (Å²) in [5, 5.41) is 10.3. The van der Waals surface area contributed by atoms with Gasteiger partial charge in [0.25, 0.3) is 0 Å². The topological polar surface area (TPSA) is 20.2 Å². The fraction of sp³-hybridized carbons (Fsp3) is 0.333. The minimum Gasteiger partial charge on any atom is -0.388 e. The highest BCUT2D eigenvalue weighted by Crippen LogP contribution is 2.23. The lowest BCUT2D eigenvalue weighted by Crippen LogP contribution is -2.04. The van der Waals surface area contributed by atoms with Gasteiger partial charge in [-0.05, 0) is 41.2 Å². The van der Waals surface area contributed by atoms with Crippen molar-refractivity contribution in [2.75, 3.05) is 0 Å². The van der Waals surface area contributed by atoms with Crippen LogP contribution < -0.4 is 0 Å². The molecule has 0 aromatic heterocycles. The number of halogens is 2. The molecule has 0 saturated carbocycles. The summed E-state index contributed by atoms with van der Waals surface area (Å²) < 4.78 is 14.5. The van der Waals surface area contributed by atoms with Crippen molar-refractivity contribution in [3.8, 4) is 0 Å². The number of aliphatic hydroxyl groups is 1. The molecule has 0 heterocycles. The molecule has 112 valence electrons. The van der Waals surface area contributed by atoms with E-state index in [-0.39, 0.29) is 12.2 Å². The van der Waals surface area contributed by atoms with Crippen molar-refractivity contribution >= 4 is 15.9 Å². The molecule has 3 heteroatoms. The zero-order valence-corrected chi connectivity index (χ0v) is 13.9. The first-order valence-corrected chi connectivity index (χ1v) is 7.96. The fourth-order valence-electron chi connectivity index (χ4n) is 2.36. The number of benzene rings is 2. The first-order chi connectivity index (χ1) is 9.95. The molecule has 21 heavy (non-hydrogen) atoms. The second-order valence-corrected chi connectivity index (χ2v) is 6.71. The summed E-state index contributed by atoms with van der Waals surface area (Å²) in [5.41, 5.74) is 2.61. The van der Waals surface area contributed by atoms with E-state index in [1.807, 2.05) is 24.3 Å². The van der Waals surface area contributed by atoms with Crippen molar-refractivity contribution in [2.24, 2.45) is 5.92 Å². The first-order valence-electron chi connectivity index (χ1n) is 7.16. The maximum Gasteiger partial charge on any atom is 0.127 e. The van der Waals surface area contributed by atoms with Crippen LogP contribution in [0.5, 0.6) is 0 Å². The van der Waals surface area contributed by atoms with Gasteiger partial charge < -0.3 is 5.11 Å². The molecule has 0 aliphatic heterocycles. The van der Waals surface area contributed by atoms with E-state index in [1.165, 1.54) is 11.6 Å². The maximum atomic E-state index is 13.8. The summed E-state index contributed by atoms with van der Waals surface area (Å²) in [5.74, 6) is 0.317. The Labute approximate surface area is 134 Å². The number of rotatable bonds is 5. The van der Waals surface area contributed by atoms with Crippen LogP contribution >= 0.6 is 15.9 Å². The summed E-state index contributed by atoms with van der Waals surface area (Å²) in [6.07, 6.45) is 0.620. The van der Waals surface area contributed by atoms with Crippen LogP contribution in [-0.4, -0.2) is 5.11 Å². The predicted molar refractivity (Wildman–Crippen MR) is 87.7 cm³/mol. The average molecular weight is 351 g/mol. The van der Waals surface area contributed by atoms with Crippen molar-refractivity contribution in [2.45, 2.75) is 32.8 Å². The third-order valence-corrected chi connectivity index (χ3v) is 3.93. The van der Waals surface area contributed by atoms with E-state index in [0.717, 1.165) is 12.0 Å². The highest BCUT2D eigenvalue weighted by Gasteiger charge is 2.12. The molecule has 1 N–H and O–H groups in total. The maximum absolute atomic E-state index is 13.8. The van der Waals surface area contributed by atoms with Gasteiger partial charge in [0.15, 0.2) is 0 Å². The van der Waals surface area contributed by atoms with Gasteiger partial charge in [-0.3, -0.25) is 0 Å². The average Bonchev–Trinajstić information content (AvgIpc) is 2.42. The lowest BCUT2D eigenvalue weighted by Gasteiger charge is -2.13. The van der Waals surface area contributed by atoms with Gasteiger partial charge >= 0.3 is 0 Å². The second-order valence-electron chi connectivity index (χ2n) is 5.80. The molecule has 0 amide bonds. The molecule has 2 aromatic carbocycles. The summed E-state index contributed by atoms with van der Waals surface area (Å²) in [6.45, 7) is 4.36. The zero-order chi connectivity index (χ0) is 15.4. The van der Waals surface area contributed by atoms with Crippen LogP contribution in [0.4, 0.5) is 4.39 Å². The molecule has 0 aliphatic rings. The van der Waals surface area contributed by atoms with E-state index in [2.05, 4.69) is 29.8 Å². The summed E-state index contributed by atoms with van der Waals surface area (Å²) in [7, 11) is 0. The lowest BCUT2D eigenvalue weighted by molar-refractivity contribution is 0.177. The van der Waals surface area contributed by atoms with Crippen LogP contribution in [0.3, 0.4) is 0 Å². The van der Waals surface area contributed by atoms with E-state index < -0.39 is 6.10 Å². The molecule has 0 bridgehead atoms.